The van der Waals surface area contributed by atoms with Gasteiger partial charge in [0.1, 0.15) is 5.75 Å². The van der Waals surface area contributed by atoms with E-state index >= 15 is 0 Å². The van der Waals surface area contributed by atoms with Crippen molar-refractivity contribution >= 4 is 0 Å². The summed E-state index contributed by atoms with van der Waals surface area (Å²) in [5.41, 5.74) is 1.30. The molecule has 0 aromatic heterocycles. The largest absolute Gasteiger partial charge is 0.491 e. The fourth-order valence-electron chi connectivity index (χ4n) is 1.75. The minimum absolute atomic E-state index is 0.284. The fraction of sp³-hybridized carbons (Fsp3) is 0.600. The van der Waals surface area contributed by atoms with E-state index < -0.39 is 0 Å². The van der Waals surface area contributed by atoms with Crippen LogP contribution in [0.3, 0.4) is 0 Å². The van der Waals surface area contributed by atoms with Crippen molar-refractivity contribution in [2.24, 2.45) is 0 Å². The van der Waals surface area contributed by atoms with Crippen molar-refractivity contribution in [1.82, 2.24) is 5.32 Å². The van der Waals surface area contributed by atoms with Crippen molar-refractivity contribution < 1.29 is 4.74 Å². The predicted octanol–water partition coefficient (Wildman–Crippen LogP) is 3.92. The van der Waals surface area contributed by atoms with Gasteiger partial charge in [-0.05, 0) is 38.0 Å². The SMILES string of the molecule is CC[C@H](C)Oc1ccc([C@H](C)NC(C)C)cc1. The van der Waals surface area contributed by atoms with Gasteiger partial charge in [0.15, 0.2) is 0 Å². The Labute approximate surface area is 105 Å². The molecule has 0 aliphatic heterocycles. The van der Waals surface area contributed by atoms with Gasteiger partial charge in [0, 0.05) is 12.1 Å². The molecule has 1 aromatic carbocycles. The molecule has 0 amide bonds. The third-order valence-electron chi connectivity index (χ3n) is 2.88. The summed E-state index contributed by atoms with van der Waals surface area (Å²) in [5.74, 6) is 0.958. The molecular formula is C15H25NO. The van der Waals surface area contributed by atoms with Crippen LogP contribution in [-0.4, -0.2) is 12.1 Å². The van der Waals surface area contributed by atoms with E-state index in [1.165, 1.54) is 5.56 Å². The topological polar surface area (TPSA) is 21.3 Å². The summed E-state index contributed by atoms with van der Waals surface area (Å²) in [6, 6.07) is 9.27. The second kappa shape index (κ2) is 6.65. The van der Waals surface area contributed by atoms with E-state index in [0.717, 1.165) is 12.2 Å². The second-order valence-electron chi connectivity index (χ2n) is 4.95. The molecule has 0 fully saturated rings. The smallest absolute Gasteiger partial charge is 0.119 e. The van der Waals surface area contributed by atoms with E-state index in [4.69, 9.17) is 4.74 Å². The lowest BCUT2D eigenvalue weighted by Gasteiger charge is -2.18. The maximum Gasteiger partial charge on any atom is 0.119 e. The van der Waals surface area contributed by atoms with E-state index in [9.17, 15) is 0 Å². The highest BCUT2D eigenvalue weighted by atomic mass is 16.5. The monoisotopic (exact) mass is 235 g/mol. The highest BCUT2D eigenvalue weighted by Gasteiger charge is 2.07. The molecule has 0 bridgehead atoms. The summed E-state index contributed by atoms with van der Waals surface area (Å²) in [4.78, 5) is 0. The Balaban J connectivity index is 2.61. The van der Waals surface area contributed by atoms with Gasteiger partial charge in [0.25, 0.3) is 0 Å². The first-order valence-corrected chi connectivity index (χ1v) is 6.55. The van der Waals surface area contributed by atoms with Crippen molar-refractivity contribution in [3.05, 3.63) is 29.8 Å². The summed E-state index contributed by atoms with van der Waals surface area (Å²) in [7, 11) is 0. The minimum atomic E-state index is 0.284. The number of nitrogens with one attached hydrogen (secondary N) is 1. The van der Waals surface area contributed by atoms with E-state index in [-0.39, 0.29) is 6.10 Å². The average Bonchev–Trinajstić information content (AvgIpc) is 2.28. The van der Waals surface area contributed by atoms with Crippen LogP contribution in [0, 0.1) is 0 Å². The van der Waals surface area contributed by atoms with Crippen molar-refractivity contribution in [3.8, 4) is 5.75 Å². The van der Waals surface area contributed by atoms with Gasteiger partial charge in [-0.15, -0.1) is 0 Å². The Morgan fingerprint density at radius 2 is 1.65 bits per heavy atom. The van der Waals surface area contributed by atoms with Crippen LogP contribution in [0.1, 0.15) is 52.6 Å². The molecule has 0 saturated carbocycles. The van der Waals surface area contributed by atoms with Gasteiger partial charge in [-0.3, -0.25) is 0 Å². The van der Waals surface area contributed by atoms with Gasteiger partial charge in [0.05, 0.1) is 6.10 Å². The predicted molar refractivity (Wildman–Crippen MR) is 73.5 cm³/mol. The Morgan fingerprint density at radius 1 is 1.06 bits per heavy atom. The normalized spacial score (nSPS) is 14.7. The Bertz CT molecular complexity index is 318. The Morgan fingerprint density at radius 3 is 2.12 bits per heavy atom. The third kappa shape index (κ3) is 4.78. The third-order valence-corrected chi connectivity index (χ3v) is 2.88. The average molecular weight is 235 g/mol. The van der Waals surface area contributed by atoms with E-state index in [2.05, 4.69) is 64.2 Å². The van der Waals surface area contributed by atoms with Crippen LogP contribution in [0.15, 0.2) is 24.3 Å². The van der Waals surface area contributed by atoms with Crippen molar-refractivity contribution in [3.63, 3.8) is 0 Å². The first-order valence-electron chi connectivity index (χ1n) is 6.55. The molecule has 0 saturated heterocycles. The van der Waals surface area contributed by atoms with Crippen LogP contribution in [0.2, 0.25) is 0 Å². The van der Waals surface area contributed by atoms with Crippen LogP contribution in [0.25, 0.3) is 0 Å². The maximum atomic E-state index is 5.76. The van der Waals surface area contributed by atoms with Crippen molar-refractivity contribution in [2.75, 3.05) is 0 Å². The maximum absolute atomic E-state index is 5.76. The van der Waals surface area contributed by atoms with Gasteiger partial charge in [-0.25, -0.2) is 0 Å². The number of benzene rings is 1. The molecule has 0 unspecified atom stereocenters. The molecule has 0 aliphatic rings. The Kier molecular flexibility index (Phi) is 5.49. The second-order valence-corrected chi connectivity index (χ2v) is 4.95. The van der Waals surface area contributed by atoms with Crippen LogP contribution >= 0.6 is 0 Å². The zero-order valence-corrected chi connectivity index (χ0v) is 11.7. The molecule has 2 atom stereocenters. The van der Waals surface area contributed by atoms with Crippen molar-refractivity contribution in [1.29, 1.82) is 0 Å². The lowest BCUT2D eigenvalue weighted by atomic mass is 10.1. The van der Waals surface area contributed by atoms with Crippen LogP contribution < -0.4 is 10.1 Å². The molecule has 17 heavy (non-hydrogen) atoms. The van der Waals surface area contributed by atoms with Crippen LogP contribution in [-0.2, 0) is 0 Å². The van der Waals surface area contributed by atoms with Gasteiger partial charge >= 0.3 is 0 Å². The van der Waals surface area contributed by atoms with Gasteiger partial charge in [-0.1, -0.05) is 32.9 Å². The summed E-state index contributed by atoms with van der Waals surface area (Å²) in [6.45, 7) is 10.7. The van der Waals surface area contributed by atoms with E-state index in [1.807, 2.05) is 0 Å². The molecule has 1 rings (SSSR count). The van der Waals surface area contributed by atoms with Gasteiger partial charge < -0.3 is 10.1 Å². The first kappa shape index (κ1) is 14.0. The van der Waals surface area contributed by atoms with Crippen molar-refractivity contribution in [2.45, 2.75) is 59.2 Å². The standard InChI is InChI=1S/C15H25NO/c1-6-12(4)17-15-9-7-14(8-10-15)13(5)16-11(2)3/h7-13,16H,6H2,1-5H3/t12-,13-/m0/s1. The molecule has 2 nitrogen and oxygen atoms in total. The molecule has 96 valence electrons. The highest BCUT2D eigenvalue weighted by molar-refractivity contribution is 5.29. The van der Waals surface area contributed by atoms with E-state index in [0.29, 0.717) is 12.1 Å². The number of hydrogen-bond donors (Lipinski definition) is 1. The number of rotatable bonds is 6. The zero-order chi connectivity index (χ0) is 12.8. The van der Waals surface area contributed by atoms with Crippen LogP contribution in [0.5, 0.6) is 5.75 Å². The quantitative estimate of drug-likeness (QED) is 0.807. The van der Waals surface area contributed by atoms with Crippen LogP contribution in [0.4, 0.5) is 0 Å². The summed E-state index contributed by atoms with van der Waals surface area (Å²) in [5, 5.41) is 3.49. The fourth-order valence-corrected chi connectivity index (χ4v) is 1.75. The Hall–Kier alpha value is -1.02. The molecular weight excluding hydrogens is 210 g/mol. The molecule has 0 aliphatic carbocycles. The summed E-state index contributed by atoms with van der Waals surface area (Å²) in [6.07, 6.45) is 1.32. The van der Waals surface area contributed by atoms with E-state index in [1.54, 1.807) is 0 Å². The lowest BCUT2D eigenvalue weighted by Crippen LogP contribution is -2.25. The molecule has 1 aromatic rings. The van der Waals surface area contributed by atoms with Gasteiger partial charge in [0.2, 0.25) is 0 Å². The number of ether oxygens (including phenoxy) is 1. The molecule has 0 heterocycles. The minimum Gasteiger partial charge on any atom is -0.491 e. The molecule has 1 N–H and O–H groups in total. The first-order chi connectivity index (χ1) is 8.02. The van der Waals surface area contributed by atoms with Gasteiger partial charge in [-0.2, -0.15) is 0 Å². The summed E-state index contributed by atoms with van der Waals surface area (Å²) < 4.78 is 5.76. The lowest BCUT2D eigenvalue weighted by molar-refractivity contribution is 0.217. The molecule has 0 radical (unpaired) electrons. The number of hydrogen-bond acceptors (Lipinski definition) is 2. The molecule has 0 spiro atoms. The zero-order valence-electron chi connectivity index (χ0n) is 11.7. The summed E-state index contributed by atoms with van der Waals surface area (Å²) >= 11 is 0. The highest BCUT2D eigenvalue weighted by Crippen LogP contribution is 2.19. The molecule has 2 heteroatoms.